The van der Waals surface area contributed by atoms with Crippen LogP contribution in [0.25, 0.3) is 10.9 Å². The quantitative estimate of drug-likeness (QED) is 0.813. The molecule has 0 aliphatic heterocycles. The predicted octanol–water partition coefficient (Wildman–Crippen LogP) is 1.22. The SMILES string of the molecule is Cc1cccc2c(=O)[nH]c(C3(CN)CC3)nc12. The second-order valence-electron chi connectivity index (χ2n) is 4.87. The Morgan fingerprint density at radius 1 is 1.47 bits per heavy atom. The minimum atomic E-state index is -0.0738. The van der Waals surface area contributed by atoms with Crippen molar-refractivity contribution in [3.05, 3.63) is 39.9 Å². The number of hydrogen-bond acceptors (Lipinski definition) is 3. The van der Waals surface area contributed by atoms with Crippen LogP contribution in [-0.4, -0.2) is 16.5 Å². The van der Waals surface area contributed by atoms with E-state index in [0.717, 1.165) is 29.7 Å². The van der Waals surface area contributed by atoms with E-state index in [1.165, 1.54) is 0 Å². The van der Waals surface area contributed by atoms with Crippen LogP contribution < -0.4 is 11.3 Å². The maximum absolute atomic E-state index is 12.0. The van der Waals surface area contributed by atoms with Gasteiger partial charge in [0.25, 0.3) is 5.56 Å². The van der Waals surface area contributed by atoms with Crippen molar-refractivity contribution in [2.45, 2.75) is 25.2 Å². The van der Waals surface area contributed by atoms with Gasteiger partial charge in [-0.15, -0.1) is 0 Å². The lowest BCUT2D eigenvalue weighted by Crippen LogP contribution is -2.26. The monoisotopic (exact) mass is 229 g/mol. The van der Waals surface area contributed by atoms with Crippen LogP contribution in [0, 0.1) is 6.92 Å². The highest BCUT2D eigenvalue weighted by molar-refractivity contribution is 5.80. The molecule has 1 aliphatic rings. The summed E-state index contributed by atoms with van der Waals surface area (Å²) in [5.74, 6) is 0.756. The lowest BCUT2D eigenvalue weighted by atomic mass is 10.1. The molecule has 0 amide bonds. The number of aryl methyl sites for hydroxylation is 1. The van der Waals surface area contributed by atoms with Crippen LogP contribution in [0.4, 0.5) is 0 Å². The molecular formula is C13H15N3O. The van der Waals surface area contributed by atoms with Crippen molar-refractivity contribution < 1.29 is 0 Å². The van der Waals surface area contributed by atoms with Crippen molar-refractivity contribution in [3.8, 4) is 0 Å². The van der Waals surface area contributed by atoms with Gasteiger partial charge >= 0.3 is 0 Å². The van der Waals surface area contributed by atoms with Gasteiger partial charge in [0.15, 0.2) is 0 Å². The molecule has 1 saturated carbocycles. The van der Waals surface area contributed by atoms with Crippen LogP contribution in [0.5, 0.6) is 0 Å². The second-order valence-corrected chi connectivity index (χ2v) is 4.87. The molecule has 1 aliphatic carbocycles. The summed E-state index contributed by atoms with van der Waals surface area (Å²) in [7, 11) is 0. The fourth-order valence-electron chi connectivity index (χ4n) is 2.24. The second kappa shape index (κ2) is 3.40. The average molecular weight is 229 g/mol. The molecule has 0 unspecified atom stereocenters. The van der Waals surface area contributed by atoms with Gasteiger partial charge in [0.05, 0.1) is 10.9 Å². The van der Waals surface area contributed by atoms with E-state index >= 15 is 0 Å². The van der Waals surface area contributed by atoms with E-state index in [9.17, 15) is 4.79 Å². The number of aromatic amines is 1. The average Bonchev–Trinajstić information content (AvgIpc) is 3.11. The largest absolute Gasteiger partial charge is 0.329 e. The number of benzene rings is 1. The number of para-hydroxylation sites is 1. The van der Waals surface area contributed by atoms with Crippen molar-refractivity contribution in [2.75, 3.05) is 6.54 Å². The summed E-state index contributed by atoms with van der Waals surface area (Å²) in [5.41, 5.74) is 7.46. The van der Waals surface area contributed by atoms with Crippen LogP contribution in [0.1, 0.15) is 24.2 Å². The summed E-state index contributed by atoms with van der Waals surface area (Å²) in [6.45, 7) is 2.52. The van der Waals surface area contributed by atoms with Gasteiger partial charge in [-0.25, -0.2) is 4.98 Å². The van der Waals surface area contributed by atoms with Gasteiger partial charge in [-0.1, -0.05) is 12.1 Å². The normalized spacial score (nSPS) is 17.3. The summed E-state index contributed by atoms with van der Waals surface area (Å²) in [4.78, 5) is 19.5. The lowest BCUT2D eigenvalue weighted by Gasteiger charge is -2.12. The molecule has 0 atom stereocenters. The Hall–Kier alpha value is -1.68. The third kappa shape index (κ3) is 1.48. The van der Waals surface area contributed by atoms with E-state index in [0.29, 0.717) is 11.9 Å². The molecule has 1 heterocycles. The first-order chi connectivity index (χ1) is 8.16. The molecular weight excluding hydrogens is 214 g/mol. The Morgan fingerprint density at radius 2 is 2.24 bits per heavy atom. The third-order valence-corrected chi connectivity index (χ3v) is 3.68. The van der Waals surface area contributed by atoms with E-state index in [2.05, 4.69) is 9.97 Å². The standard InChI is InChI=1S/C13H15N3O/c1-8-3-2-4-9-10(8)15-12(16-11(9)17)13(7-14)5-6-13/h2-4H,5-7,14H2,1H3,(H,15,16,17). The Labute approximate surface area is 98.9 Å². The van der Waals surface area contributed by atoms with E-state index in [1.54, 1.807) is 6.07 Å². The highest BCUT2D eigenvalue weighted by Crippen LogP contribution is 2.45. The van der Waals surface area contributed by atoms with Gasteiger partial charge in [0.1, 0.15) is 5.82 Å². The number of nitrogens with two attached hydrogens (primary N) is 1. The molecule has 0 bridgehead atoms. The fourth-order valence-corrected chi connectivity index (χ4v) is 2.24. The van der Waals surface area contributed by atoms with E-state index in [1.807, 2.05) is 19.1 Å². The first kappa shape index (κ1) is 10.5. The van der Waals surface area contributed by atoms with Crippen LogP contribution in [0.2, 0.25) is 0 Å². The molecule has 1 aromatic carbocycles. The summed E-state index contributed by atoms with van der Waals surface area (Å²) in [6, 6.07) is 5.66. The summed E-state index contributed by atoms with van der Waals surface area (Å²) in [6.07, 6.45) is 2.04. The number of hydrogen-bond donors (Lipinski definition) is 2. The molecule has 0 radical (unpaired) electrons. The maximum atomic E-state index is 12.0. The van der Waals surface area contributed by atoms with Gasteiger partial charge in [0, 0.05) is 12.0 Å². The molecule has 1 aromatic heterocycles. The van der Waals surface area contributed by atoms with Crippen LogP contribution in [-0.2, 0) is 5.41 Å². The molecule has 0 saturated heterocycles. The number of nitrogens with zero attached hydrogens (tertiary/aromatic N) is 1. The topological polar surface area (TPSA) is 71.8 Å². The van der Waals surface area contributed by atoms with Gasteiger partial charge in [-0.3, -0.25) is 4.79 Å². The predicted molar refractivity (Wildman–Crippen MR) is 67.1 cm³/mol. The molecule has 2 aromatic rings. The maximum Gasteiger partial charge on any atom is 0.258 e. The van der Waals surface area contributed by atoms with Crippen LogP contribution >= 0.6 is 0 Å². The first-order valence-corrected chi connectivity index (χ1v) is 5.86. The Morgan fingerprint density at radius 3 is 2.88 bits per heavy atom. The van der Waals surface area contributed by atoms with Crippen LogP contribution in [0.15, 0.2) is 23.0 Å². The van der Waals surface area contributed by atoms with Gasteiger partial charge < -0.3 is 10.7 Å². The van der Waals surface area contributed by atoms with Crippen molar-refractivity contribution in [2.24, 2.45) is 5.73 Å². The Balaban J connectivity index is 2.31. The van der Waals surface area contributed by atoms with Gasteiger partial charge in [-0.2, -0.15) is 0 Å². The Kier molecular flexibility index (Phi) is 2.10. The number of fused-ring (bicyclic) bond motifs is 1. The molecule has 4 heteroatoms. The molecule has 3 rings (SSSR count). The van der Waals surface area contributed by atoms with E-state index in [4.69, 9.17) is 5.73 Å². The highest BCUT2D eigenvalue weighted by Gasteiger charge is 2.45. The lowest BCUT2D eigenvalue weighted by molar-refractivity contribution is 0.650. The minimum absolute atomic E-state index is 0.0616. The van der Waals surface area contributed by atoms with E-state index in [-0.39, 0.29) is 11.0 Å². The molecule has 4 nitrogen and oxygen atoms in total. The summed E-state index contributed by atoms with van der Waals surface area (Å²) < 4.78 is 0. The summed E-state index contributed by atoms with van der Waals surface area (Å²) >= 11 is 0. The zero-order valence-corrected chi connectivity index (χ0v) is 9.79. The van der Waals surface area contributed by atoms with Crippen molar-refractivity contribution in [1.29, 1.82) is 0 Å². The molecule has 88 valence electrons. The van der Waals surface area contributed by atoms with Crippen molar-refractivity contribution in [3.63, 3.8) is 0 Å². The molecule has 17 heavy (non-hydrogen) atoms. The minimum Gasteiger partial charge on any atom is -0.329 e. The van der Waals surface area contributed by atoms with Crippen molar-refractivity contribution >= 4 is 10.9 Å². The fraction of sp³-hybridized carbons (Fsp3) is 0.385. The molecule has 1 fully saturated rings. The van der Waals surface area contributed by atoms with E-state index < -0.39 is 0 Å². The van der Waals surface area contributed by atoms with Gasteiger partial charge in [-0.05, 0) is 31.4 Å². The highest BCUT2D eigenvalue weighted by atomic mass is 16.1. The third-order valence-electron chi connectivity index (χ3n) is 3.68. The van der Waals surface area contributed by atoms with Gasteiger partial charge in [0.2, 0.25) is 0 Å². The smallest absolute Gasteiger partial charge is 0.258 e. The number of nitrogens with one attached hydrogen (secondary N) is 1. The molecule has 3 N–H and O–H groups in total. The number of rotatable bonds is 2. The number of H-pyrrole nitrogens is 1. The zero-order valence-electron chi connectivity index (χ0n) is 9.79. The molecule has 0 spiro atoms. The van der Waals surface area contributed by atoms with Crippen LogP contribution in [0.3, 0.4) is 0 Å². The number of aromatic nitrogens is 2. The Bertz CT molecular complexity index is 641. The zero-order chi connectivity index (χ0) is 12.0. The summed E-state index contributed by atoms with van der Waals surface area (Å²) in [5, 5.41) is 0.654. The first-order valence-electron chi connectivity index (χ1n) is 5.86. The van der Waals surface area contributed by atoms with Crippen molar-refractivity contribution in [1.82, 2.24) is 9.97 Å².